The number of fused-ring (bicyclic) bond motifs is 1. The van der Waals surface area contributed by atoms with E-state index in [4.69, 9.17) is 10.5 Å². The molecule has 0 radical (unpaired) electrons. The lowest BCUT2D eigenvalue weighted by Crippen LogP contribution is -2.41. The van der Waals surface area contributed by atoms with E-state index in [-0.39, 0.29) is 36.9 Å². The molecule has 1 aromatic rings. The van der Waals surface area contributed by atoms with Gasteiger partial charge >= 0.3 is 0 Å². The van der Waals surface area contributed by atoms with Gasteiger partial charge in [-0.3, -0.25) is 9.59 Å². The molecule has 2 aliphatic heterocycles. The first kappa shape index (κ1) is 16.6. The van der Waals surface area contributed by atoms with E-state index in [1.54, 1.807) is 9.80 Å². The molecule has 120 valence electrons. The van der Waals surface area contributed by atoms with Crippen LogP contribution in [0.15, 0.2) is 24.3 Å². The Morgan fingerprint density at radius 3 is 2.86 bits per heavy atom. The maximum Gasteiger partial charge on any atom is 0.265 e. The molecule has 0 saturated carbocycles. The van der Waals surface area contributed by atoms with Crippen LogP contribution in [0.5, 0.6) is 5.75 Å². The average Bonchev–Trinajstić information content (AvgIpc) is 2.92. The van der Waals surface area contributed by atoms with Crippen LogP contribution in [0.4, 0.5) is 5.69 Å². The minimum Gasteiger partial charge on any atom is -0.482 e. The molecule has 6 nitrogen and oxygen atoms in total. The van der Waals surface area contributed by atoms with Gasteiger partial charge in [0.25, 0.3) is 5.91 Å². The summed E-state index contributed by atoms with van der Waals surface area (Å²) in [5, 5.41) is 0. The zero-order chi connectivity index (χ0) is 14.8. The number of nitrogens with zero attached hydrogens (tertiary/aromatic N) is 2. The summed E-state index contributed by atoms with van der Waals surface area (Å²) < 4.78 is 5.38. The molecular weight excluding hydrogens is 306 g/mol. The number of para-hydroxylation sites is 2. The number of hydrogen-bond acceptors (Lipinski definition) is 4. The van der Waals surface area contributed by atoms with Crippen molar-refractivity contribution in [2.45, 2.75) is 18.9 Å². The fourth-order valence-corrected chi connectivity index (χ4v) is 2.78. The van der Waals surface area contributed by atoms with Crippen molar-refractivity contribution >= 4 is 29.9 Å². The fourth-order valence-electron chi connectivity index (χ4n) is 2.78. The highest BCUT2D eigenvalue weighted by Gasteiger charge is 2.28. The second-order valence-electron chi connectivity index (χ2n) is 5.44. The van der Waals surface area contributed by atoms with Crippen LogP contribution in [0.2, 0.25) is 0 Å². The van der Waals surface area contributed by atoms with Gasteiger partial charge in [0.2, 0.25) is 5.91 Å². The molecule has 2 aliphatic rings. The van der Waals surface area contributed by atoms with Crippen LogP contribution in [-0.2, 0) is 9.59 Å². The summed E-state index contributed by atoms with van der Waals surface area (Å²) in [6.07, 6.45) is 1.16. The summed E-state index contributed by atoms with van der Waals surface area (Å²) in [5.41, 5.74) is 6.55. The lowest BCUT2D eigenvalue weighted by molar-refractivity contribution is -0.130. The summed E-state index contributed by atoms with van der Waals surface area (Å²) >= 11 is 0. The highest BCUT2D eigenvalue weighted by Crippen LogP contribution is 2.31. The van der Waals surface area contributed by atoms with Gasteiger partial charge in [0, 0.05) is 32.1 Å². The van der Waals surface area contributed by atoms with Gasteiger partial charge in [0.05, 0.1) is 5.69 Å². The Hall–Kier alpha value is -1.79. The molecule has 1 atom stereocenters. The van der Waals surface area contributed by atoms with Crippen molar-refractivity contribution in [1.82, 2.24) is 4.90 Å². The van der Waals surface area contributed by atoms with Crippen LogP contribution >= 0.6 is 12.4 Å². The minimum atomic E-state index is -0.111. The molecule has 0 unspecified atom stereocenters. The van der Waals surface area contributed by atoms with Gasteiger partial charge in [-0.2, -0.15) is 0 Å². The number of hydrogen-bond donors (Lipinski definition) is 1. The van der Waals surface area contributed by atoms with Gasteiger partial charge in [-0.25, -0.2) is 0 Å². The summed E-state index contributed by atoms with van der Waals surface area (Å²) in [5.74, 6) is 0.632. The number of rotatable bonds is 3. The van der Waals surface area contributed by atoms with Crippen molar-refractivity contribution in [3.8, 4) is 5.75 Å². The van der Waals surface area contributed by atoms with Crippen molar-refractivity contribution < 1.29 is 14.3 Å². The molecule has 2 amide bonds. The van der Waals surface area contributed by atoms with Crippen LogP contribution < -0.4 is 15.4 Å². The van der Waals surface area contributed by atoms with Crippen LogP contribution in [0.1, 0.15) is 12.8 Å². The molecular formula is C15H20ClN3O3. The quantitative estimate of drug-likeness (QED) is 0.891. The third-order valence-electron chi connectivity index (χ3n) is 3.93. The maximum absolute atomic E-state index is 12.2. The summed E-state index contributed by atoms with van der Waals surface area (Å²) in [7, 11) is 0. The largest absolute Gasteiger partial charge is 0.482 e. The molecule has 1 saturated heterocycles. The Morgan fingerprint density at radius 1 is 1.36 bits per heavy atom. The van der Waals surface area contributed by atoms with Crippen LogP contribution in [-0.4, -0.2) is 49.0 Å². The van der Waals surface area contributed by atoms with E-state index in [1.165, 1.54) is 0 Å². The van der Waals surface area contributed by atoms with Gasteiger partial charge in [-0.15, -0.1) is 12.4 Å². The Bertz CT molecular complexity index is 567. The first-order valence-electron chi connectivity index (χ1n) is 7.20. The summed E-state index contributed by atoms with van der Waals surface area (Å²) in [4.78, 5) is 27.6. The molecule has 0 aliphatic carbocycles. The van der Waals surface area contributed by atoms with Gasteiger partial charge < -0.3 is 20.3 Å². The third kappa shape index (κ3) is 3.34. The number of ether oxygens (including phenoxy) is 1. The average molecular weight is 326 g/mol. The lowest BCUT2D eigenvalue weighted by atomic mass is 10.2. The molecule has 0 aromatic heterocycles. The van der Waals surface area contributed by atoms with Crippen molar-refractivity contribution in [3.05, 3.63) is 24.3 Å². The second-order valence-corrected chi connectivity index (χ2v) is 5.44. The number of nitrogens with two attached hydrogens (primary N) is 1. The first-order chi connectivity index (χ1) is 10.1. The third-order valence-corrected chi connectivity index (χ3v) is 3.93. The van der Waals surface area contributed by atoms with Crippen LogP contribution in [0.3, 0.4) is 0 Å². The van der Waals surface area contributed by atoms with Crippen molar-refractivity contribution in [2.24, 2.45) is 5.73 Å². The van der Waals surface area contributed by atoms with Gasteiger partial charge in [0.15, 0.2) is 6.61 Å². The van der Waals surface area contributed by atoms with E-state index < -0.39 is 0 Å². The number of amides is 2. The number of carbonyl (C=O) groups excluding carboxylic acids is 2. The predicted octanol–water partition coefficient (Wildman–Crippen LogP) is 0.783. The van der Waals surface area contributed by atoms with Crippen LogP contribution in [0.25, 0.3) is 0 Å². The van der Waals surface area contributed by atoms with Crippen LogP contribution in [0, 0.1) is 0 Å². The van der Waals surface area contributed by atoms with Gasteiger partial charge in [0.1, 0.15) is 5.75 Å². The molecule has 0 bridgehead atoms. The normalized spacial score (nSPS) is 20.2. The Balaban J connectivity index is 0.00000176. The Kier molecular flexibility index (Phi) is 5.26. The Morgan fingerprint density at radius 2 is 2.14 bits per heavy atom. The summed E-state index contributed by atoms with van der Waals surface area (Å²) in [6.45, 7) is 1.74. The van der Waals surface area contributed by atoms with Crippen molar-refractivity contribution in [1.29, 1.82) is 0 Å². The van der Waals surface area contributed by atoms with Gasteiger partial charge in [-0.05, 0) is 18.6 Å². The molecule has 22 heavy (non-hydrogen) atoms. The van der Waals surface area contributed by atoms with E-state index >= 15 is 0 Å². The molecule has 2 N–H and O–H groups in total. The molecule has 2 heterocycles. The maximum atomic E-state index is 12.2. The van der Waals surface area contributed by atoms with Gasteiger partial charge in [-0.1, -0.05) is 12.1 Å². The molecule has 7 heteroatoms. The number of halogens is 1. The highest BCUT2D eigenvalue weighted by molar-refractivity contribution is 5.98. The zero-order valence-corrected chi connectivity index (χ0v) is 13.1. The number of benzene rings is 1. The predicted molar refractivity (Wildman–Crippen MR) is 85.3 cm³/mol. The molecule has 1 fully saturated rings. The Labute approximate surface area is 135 Å². The van der Waals surface area contributed by atoms with E-state index in [0.29, 0.717) is 31.8 Å². The second kappa shape index (κ2) is 6.98. The minimum absolute atomic E-state index is 0. The van der Waals surface area contributed by atoms with Crippen molar-refractivity contribution in [2.75, 3.05) is 31.1 Å². The van der Waals surface area contributed by atoms with E-state index in [2.05, 4.69) is 0 Å². The van der Waals surface area contributed by atoms with E-state index in [9.17, 15) is 9.59 Å². The topological polar surface area (TPSA) is 75.9 Å². The van der Waals surface area contributed by atoms with E-state index in [0.717, 1.165) is 12.1 Å². The molecule has 0 spiro atoms. The molecule has 3 rings (SSSR count). The summed E-state index contributed by atoms with van der Waals surface area (Å²) in [6, 6.07) is 7.47. The van der Waals surface area contributed by atoms with E-state index in [1.807, 2.05) is 24.3 Å². The fraction of sp³-hybridized carbons (Fsp3) is 0.467. The molecule has 1 aromatic carbocycles. The zero-order valence-electron chi connectivity index (χ0n) is 12.2. The highest BCUT2D eigenvalue weighted by atomic mass is 35.5. The first-order valence-corrected chi connectivity index (χ1v) is 7.20. The van der Waals surface area contributed by atoms with Crippen molar-refractivity contribution in [3.63, 3.8) is 0 Å². The SMILES string of the molecule is Cl.N[C@@H]1CCN(C(=O)CCN2C(=O)COc3ccccc32)C1. The number of carbonyl (C=O) groups is 2. The lowest BCUT2D eigenvalue weighted by Gasteiger charge is -2.29. The number of likely N-dealkylation sites (tertiary alicyclic amines) is 1. The smallest absolute Gasteiger partial charge is 0.265 e. The standard InChI is InChI=1S/C15H19N3O3.ClH/c16-11-5-7-17(9-11)14(19)6-8-18-12-3-1-2-4-13(12)21-10-15(18)20;/h1-4,11H,5-10,16H2;1H/t11-;/m1./s1. The number of anilines is 1. The monoisotopic (exact) mass is 325 g/mol.